The lowest BCUT2D eigenvalue weighted by Crippen LogP contribution is -2.29. The third-order valence-corrected chi connectivity index (χ3v) is 4.28. The van der Waals surface area contributed by atoms with Crippen LogP contribution in [-0.4, -0.2) is 15.4 Å². The van der Waals surface area contributed by atoms with E-state index in [1.165, 1.54) is 22.8 Å². The van der Waals surface area contributed by atoms with E-state index in [0.717, 1.165) is 17.2 Å². The second kappa shape index (κ2) is 8.19. The van der Waals surface area contributed by atoms with E-state index in [1.807, 2.05) is 37.3 Å². The maximum Gasteiger partial charge on any atom is 0.270 e. The highest BCUT2D eigenvalue weighted by molar-refractivity contribution is 6.04. The van der Waals surface area contributed by atoms with Gasteiger partial charge in [-0.2, -0.15) is 5.26 Å². The molecule has 0 saturated heterocycles. The van der Waals surface area contributed by atoms with Gasteiger partial charge in [0.05, 0.1) is 22.7 Å². The Morgan fingerprint density at radius 2 is 2.00 bits per heavy atom. The molecule has 8 nitrogen and oxygen atoms in total. The van der Waals surface area contributed by atoms with Crippen LogP contribution < -0.4 is 10.9 Å². The summed E-state index contributed by atoms with van der Waals surface area (Å²) in [6.07, 6.45) is 1.59. The van der Waals surface area contributed by atoms with Crippen LogP contribution >= 0.6 is 0 Å². The quantitative estimate of drug-likeness (QED) is 0.532. The third kappa shape index (κ3) is 4.36. The molecule has 0 aliphatic carbocycles. The zero-order valence-corrected chi connectivity index (χ0v) is 15.5. The molecule has 29 heavy (non-hydrogen) atoms. The molecule has 0 bridgehead atoms. The van der Waals surface area contributed by atoms with Crippen LogP contribution in [0.15, 0.2) is 65.6 Å². The number of carbonyl (C=O) groups is 1. The van der Waals surface area contributed by atoms with Crippen molar-refractivity contribution in [1.29, 1.82) is 5.26 Å². The number of nitrogens with one attached hydrogen (secondary N) is 1. The Morgan fingerprint density at radius 3 is 2.69 bits per heavy atom. The van der Waals surface area contributed by atoms with Gasteiger partial charge in [0.2, 0.25) is 0 Å². The normalized spacial score (nSPS) is 10.2. The van der Waals surface area contributed by atoms with E-state index in [9.17, 15) is 25.0 Å². The van der Waals surface area contributed by atoms with E-state index in [2.05, 4.69) is 5.32 Å². The highest BCUT2D eigenvalue weighted by Gasteiger charge is 2.16. The largest absolute Gasteiger partial charge is 0.321 e. The minimum atomic E-state index is -0.695. The predicted octanol–water partition coefficient (Wildman–Crippen LogP) is 3.24. The molecule has 0 aliphatic rings. The zero-order chi connectivity index (χ0) is 21.0. The van der Waals surface area contributed by atoms with Gasteiger partial charge in [0.25, 0.3) is 17.2 Å². The van der Waals surface area contributed by atoms with Gasteiger partial charge in [0.15, 0.2) is 0 Å². The van der Waals surface area contributed by atoms with E-state index < -0.39 is 16.4 Å². The Morgan fingerprint density at radius 1 is 1.21 bits per heavy atom. The Kier molecular flexibility index (Phi) is 5.51. The lowest BCUT2D eigenvalue weighted by atomic mass is 10.1. The van der Waals surface area contributed by atoms with E-state index in [-0.39, 0.29) is 22.5 Å². The summed E-state index contributed by atoms with van der Waals surface area (Å²) < 4.78 is 1.42. The summed E-state index contributed by atoms with van der Waals surface area (Å²) in [6, 6.07) is 16.0. The van der Waals surface area contributed by atoms with Crippen LogP contribution in [-0.2, 0) is 6.54 Å². The molecule has 3 aromatic rings. The fraction of sp³-hybridized carbons (Fsp3) is 0.0952. The number of nitro benzene ring substituents is 1. The number of hydrogen-bond acceptors (Lipinski definition) is 5. The summed E-state index contributed by atoms with van der Waals surface area (Å²) in [4.78, 5) is 35.6. The molecule has 1 aromatic heterocycles. The van der Waals surface area contributed by atoms with Gasteiger partial charge in [-0.3, -0.25) is 19.7 Å². The minimum absolute atomic E-state index is 0.0661. The fourth-order valence-electron chi connectivity index (χ4n) is 2.88. The number of rotatable bonds is 5. The van der Waals surface area contributed by atoms with Crippen molar-refractivity contribution in [3.05, 3.63) is 104 Å². The SMILES string of the molecule is Cc1cccc(Cn2cccc(C(=O)Nc3ccc([N+](=O)[O-])cc3C#N)c2=O)c1. The van der Waals surface area contributed by atoms with Crippen molar-refractivity contribution in [3.63, 3.8) is 0 Å². The fourth-order valence-corrected chi connectivity index (χ4v) is 2.88. The first-order valence-electron chi connectivity index (χ1n) is 8.64. The molecule has 3 rings (SSSR count). The second-order valence-electron chi connectivity index (χ2n) is 6.40. The van der Waals surface area contributed by atoms with E-state index in [0.29, 0.717) is 6.54 Å². The van der Waals surface area contributed by atoms with Crippen molar-refractivity contribution in [3.8, 4) is 6.07 Å². The summed E-state index contributed by atoms with van der Waals surface area (Å²) in [5.41, 5.74) is 1.17. The number of nitrogens with zero attached hydrogens (tertiary/aromatic N) is 3. The zero-order valence-electron chi connectivity index (χ0n) is 15.5. The standard InChI is InChI=1S/C21H16N4O4/c1-14-4-2-5-15(10-14)13-24-9-3-6-18(21(24)27)20(26)23-19-8-7-17(25(28)29)11-16(19)12-22/h2-11H,13H2,1H3,(H,23,26). The number of pyridine rings is 1. The molecule has 0 unspecified atom stereocenters. The molecule has 0 atom stereocenters. The monoisotopic (exact) mass is 388 g/mol. The van der Waals surface area contributed by atoms with Crippen LogP contribution in [0.3, 0.4) is 0 Å². The van der Waals surface area contributed by atoms with Crippen molar-refractivity contribution in [2.75, 3.05) is 5.32 Å². The Labute approximate surface area is 165 Å². The van der Waals surface area contributed by atoms with Crippen molar-refractivity contribution in [1.82, 2.24) is 4.57 Å². The van der Waals surface area contributed by atoms with Gasteiger partial charge in [-0.05, 0) is 30.7 Å². The average molecular weight is 388 g/mol. The molecule has 0 fully saturated rings. The van der Waals surface area contributed by atoms with Crippen LogP contribution in [0, 0.1) is 28.4 Å². The summed E-state index contributed by atoms with van der Waals surface area (Å²) >= 11 is 0. The second-order valence-corrected chi connectivity index (χ2v) is 6.40. The molecule has 1 amide bonds. The van der Waals surface area contributed by atoms with Gasteiger partial charge in [0.1, 0.15) is 11.6 Å². The number of aryl methyl sites for hydroxylation is 1. The highest BCUT2D eigenvalue weighted by atomic mass is 16.6. The van der Waals surface area contributed by atoms with Crippen LogP contribution in [0.25, 0.3) is 0 Å². The van der Waals surface area contributed by atoms with Gasteiger partial charge in [-0.15, -0.1) is 0 Å². The van der Waals surface area contributed by atoms with Gasteiger partial charge >= 0.3 is 0 Å². The predicted molar refractivity (Wildman–Crippen MR) is 107 cm³/mol. The summed E-state index contributed by atoms with van der Waals surface area (Å²) in [5.74, 6) is -0.695. The van der Waals surface area contributed by atoms with Gasteiger partial charge in [-0.25, -0.2) is 0 Å². The Hall–Kier alpha value is -4.25. The van der Waals surface area contributed by atoms with E-state index in [1.54, 1.807) is 12.3 Å². The summed E-state index contributed by atoms with van der Waals surface area (Å²) in [5, 5.41) is 22.5. The molecule has 0 saturated carbocycles. The molecule has 8 heteroatoms. The first-order chi connectivity index (χ1) is 13.9. The number of carbonyl (C=O) groups excluding carboxylic acids is 1. The van der Waals surface area contributed by atoms with Crippen molar-refractivity contribution in [2.45, 2.75) is 13.5 Å². The first-order valence-corrected chi connectivity index (χ1v) is 8.64. The molecular formula is C21H16N4O4. The van der Waals surface area contributed by atoms with Gasteiger partial charge in [0, 0.05) is 18.3 Å². The number of nitro groups is 1. The van der Waals surface area contributed by atoms with Crippen LogP contribution in [0.4, 0.5) is 11.4 Å². The van der Waals surface area contributed by atoms with Crippen LogP contribution in [0.5, 0.6) is 0 Å². The molecule has 1 N–H and O–H groups in total. The number of aromatic nitrogens is 1. The van der Waals surface area contributed by atoms with Gasteiger partial charge in [-0.1, -0.05) is 29.8 Å². The average Bonchev–Trinajstić information content (AvgIpc) is 2.69. The van der Waals surface area contributed by atoms with Crippen LogP contribution in [0.1, 0.15) is 27.0 Å². The molecule has 0 spiro atoms. The molecule has 1 heterocycles. The number of amides is 1. The van der Waals surface area contributed by atoms with Crippen molar-refractivity contribution < 1.29 is 9.72 Å². The smallest absolute Gasteiger partial charge is 0.270 e. The van der Waals surface area contributed by atoms with Crippen molar-refractivity contribution in [2.24, 2.45) is 0 Å². The first kappa shape index (κ1) is 19.5. The Balaban J connectivity index is 1.88. The third-order valence-electron chi connectivity index (χ3n) is 4.28. The summed E-state index contributed by atoms with van der Waals surface area (Å²) in [6.45, 7) is 2.26. The molecule has 0 radical (unpaired) electrons. The lowest BCUT2D eigenvalue weighted by Gasteiger charge is -2.10. The van der Waals surface area contributed by atoms with Crippen LogP contribution in [0.2, 0.25) is 0 Å². The molecule has 0 aliphatic heterocycles. The number of benzene rings is 2. The minimum Gasteiger partial charge on any atom is -0.321 e. The number of nitriles is 1. The Bertz CT molecular complexity index is 1210. The summed E-state index contributed by atoms with van der Waals surface area (Å²) in [7, 11) is 0. The van der Waals surface area contributed by atoms with Gasteiger partial charge < -0.3 is 9.88 Å². The number of anilines is 1. The number of hydrogen-bond donors (Lipinski definition) is 1. The number of non-ortho nitro benzene ring substituents is 1. The molecule has 144 valence electrons. The maximum atomic E-state index is 12.7. The topological polar surface area (TPSA) is 118 Å². The molecule has 2 aromatic carbocycles. The lowest BCUT2D eigenvalue weighted by molar-refractivity contribution is -0.384. The molecular weight excluding hydrogens is 372 g/mol. The van der Waals surface area contributed by atoms with E-state index in [4.69, 9.17) is 0 Å². The van der Waals surface area contributed by atoms with Crippen molar-refractivity contribution >= 4 is 17.3 Å². The van der Waals surface area contributed by atoms with E-state index >= 15 is 0 Å². The highest BCUT2D eigenvalue weighted by Crippen LogP contribution is 2.21. The maximum absolute atomic E-state index is 12.7.